The van der Waals surface area contributed by atoms with E-state index in [4.69, 9.17) is 4.74 Å². The highest BCUT2D eigenvalue weighted by Crippen LogP contribution is 2.31. The molecule has 0 fully saturated rings. The van der Waals surface area contributed by atoms with Crippen molar-refractivity contribution in [1.29, 1.82) is 0 Å². The molecule has 0 spiro atoms. The predicted molar refractivity (Wildman–Crippen MR) is 132 cm³/mol. The number of carbonyl (C=O) groups excluding carboxylic acids is 1. The molecule has 4 aromatic rings. The molecule has 1 aromatic heterocycles. The van der Waals surface area contributed by atoms with Gasteiger partial charge >= 0.3 is 0 Å². The average Bonchev–Trinajstić information content (AvgIpc) is 3.03. The van der Waals surface area contributed by atoms with Crippen molar-refractivity contribution in [2.75, 3.05) is 13.2 Å². The van der Waals surface area contributed by atoms with Gasteiger partial charge in [-0.05, 0) is 65.4 Å². The third-order valence-electron chi connectivity index (χ3n) is 6.26. The van der Waals surface area contributed by atoms with Crippen LogP contribution < -0.4 is 4.74 Å². The van der Waals surface area contributed by atoms with Gasteiger partial charge in [-0.1, -0.05) is 45.0 Å². The molecule has 5 rings (SSSR count). The molecule has 1 amide bonds. The lowest BCUT2D eigenvalue weighted by Gasteiger charge is -2.22. The van der Waals surface area contributed by atoms with Crippen molar-refractivity contribution in [2.24, 2.45) is 0 Å². The topological polar surface area (TPSA) is 58.2 Å². The zero-order chi connectivity index (χ0) is 23.2. The van der Waals surface area contributed by atoms with Crippen LogP contribution in [-0.4, -0.2) is 33.9 Å². The number of amides is 1. The Balaban J connectivity index is 1.42. The molecule has 0 bridgehead atoms. The standard InChI is InChI=1S/C28H29N3O2/c1-18-29-24-11-7-21(16-25(24)30-18)20-8-12-26-22(15-20)17-31(13-14-33-26)27(32)19-5-9-23(10-6-19)28(2,3)4/h5-12,15-16H,13-14,17H2,1-4H3,(H,29,30). The van der Waals surface area contributed by atoms with Gasteiger partial charge in [0.2, 0.25) is 0 Å². The second kappa shape index (κ2) is 8.07. The SMILES string of the molecule is Cc1nc2ccc(-c3ccc4c(c3)CN(C(=O)c3ccc(C(C)(C)C)cc3)CCO4)cc2[nH]1. The largest absolute Gasteiger partial charge is 0.491 e. The maximum absolute atomic E-state index is 13.3. The molecule has 0 saturated carbocycles. The maximum Gasteiger partial charge on any atom is 0.254 e. The van der Waals surface area contributed by atoms with Gasteiger partial charge in [0.15, 0.2) is 0 Å². The Morgan fingerprint density at radius 2 is 1.73 bits per heavy atom. The number of hydrogen-bond donors (Lipinski definition) is 1. The first kappa shape index (κ1) is 21.3. The Morgan fingerprint density at radius 3 is 2.48 bits per heavy atom. The van der Waals surface area contributed by atoms with E-state index in [0.29, 0.717) is 25.3 Å². The average molecular weight is 440 g/mol. The summed E-state index contributed by atoms with van der Waals surface area (Å²) in [5, 5.41) is 0. The fourth-order valence-electron chi connectivity index (χ4n) is 4.36. The number of carbonyl (C=O) groups is 1. The van der Waals surface area contributed by atoms with Gasteiger partial charge in [0.1, 0.15) is 18.2 Å². The molecule has 0 radical (unpaired) electrons. The summed E-state index contributed by atoms with van der Waals surface area (Å²) in [4.78, 5) is 23.0. The number of H-pyrrole nitrogens is 1. The van der Waals surface area contributed by atoms with Gasteiger partial charge in [-0.3, -0.25) is 4.79 Å². The molecule has 168 valence electrons. The molecule has 5 heteroatoms. The quantitative estimate of drug-likeness (QED) is 0.425. The number of aryl methyl sites for hydroxylation is 1. The third kappa shape index (κ3) is 4.23. The van der Waals surface area contributed by atoms with E-state index in [-0.39, 0.29) is 11.3 Å². The summed E-state index contributed by atoms with van der Waals surface area (Å²) in [6, 6.07) is 20.4. The van der Waals surface area contributed by atoms with Crippen LogP contribution in [0.25, 0.3) is 22.2 Å². The van der Waals surface area contributed by atoms with Crippen LogP contribution >= 0.6 is 0 Å². The van der Waals surface area contributed by atoms with E-state index in [1.165, 1.54) is 5.56 Å². The first-order chi connectivity index (χ1) is 15.8. The van der Waals surface area contributed by atoms with E-state index >= 15 is 0 Å². The van der Waals surface area contributed by atoms with Crippen LogP contribution in [-0.2, 0) is 12.0 Å². The van der Waals surface area contributed by atoms with Gasteiger partial charge in [0, 0.05) is 17.7 Å². The molecule has 3 aromatic carbocycles. The summed E-state index contributed by atoms with van der Waals surface area (Å²) in [6.07, 6.45) is 0. The number of imidazole rings is 1. The first-order valence-corrected chi connectivity index (χ1v) is 11.4. The molecule has 0 atom stereocenters. The van der Waals surface area contributed by atoms with Crippen molar-refractivity contribution in [3.63, 3.8) is 0 Å². The molecule has 0 unspecified atom stereocenters. The number of hydrogen-bond acceptors (Lipinski definition) is 3. The number of aromatic amines is 1. The number of fused-ring (bicyclic) bond motifs is 2. The summed E-state index contributed by atoms with van der Waals surface area (Å²) in [5.74, 6) is 1.78. The number of nitrogens with one attached hydrogen (secondary N) is 1. The van der Waals surface area contributed by atoms with Crippen LogP contribution in [0.3, 0.4) is 0 Å². The van der Waals surface area contributed by atoms with Gasteiger partial charge in [0.05, 0.1) is 17.6 Å². The Hall–Kier alpha value is -3.60. The second-order valence-corrected chi connectivity index (χ2v) is 9.78. The fourth-order valence-corrected chi connectivity index (χ4v) is 4.36. The normalized spacial score (nSPS) is 14.0. The lowest BCUT2D eigenvalue weighted by Crippen LogP contribution is -2.32. The molecular weight excluding hydrogens is 410 g/mol. The second-order valence-electron chi connectivity index (χ2n) is 9.78. The van der Waals surface area contributed by atoms with Gasteiger partial charge in [-0.2, -0.15) is 0 Å². The summed E-state index contributed by atoms with van der Waals surface area (Å²) < 4.78 is 5.98. The number of benzene rings is 3. The van der Waals surface area contributed by atoms with E-state index < -0.39 is 0 Å². The van der Waals surface area contributed by atoms with Gasteiger partial charge in [0.25, 0.3) is 5.91 Å². The van der Waals surface area contributed by atoms with E-state index in [1.54, 1.807) is 0 Å². The van der Waals surface area contributed by atoms with Crippen LogP contribution in [0.2, 0.25) is 0 Å². The minimum absolute atomic E-state index is 0.0340. The van der Waals surface area contributed by atoms with Crippen LogP contribution in [0, 0.1) is 6.92 Å². The zero-order valence-corrected chi connectivity index (χ0v) is 19.6. The molecule has 1 aliphatic rings. The van der Waals surface area contributed by atoms with E-state index in [9.17, 15) is 4.79 Å². The summed E-state index contributed by atoms with van der Waals surface area (Å²) >= 11 is 0. The highest BCUT2D eigenvalue weighted by molar-refractivity contribution is 5.94. The third-order valence-corrected chi connectivity index (χ3v) is 6.26. The predicted octanol–water partition coefficient (Wildman–Crippen LogP) is 5.87. The summed E-state index contributed by atoms with van der Waals surface area (Å²) in [7, 11) is 0. The zero-order valence-electron chi connectivity index (χ0n) is 19.6. The Kier molecular flexibility index (Phi) is 5.20. The number of nitrogens with zero attached hydrogens (tertiary/aromatic N) is 2. The highest BCUT2D eigenvalue weighted by atomic mass is 16.5. The molecule has 1 aliphatic heterocycles. The summed E-state index contributed by atoms with van der Waals surface area (Å²) in [6.45, 7) is 10.1. The van der Waals surface area contributed by atoms with E-state index in [0.717, 1.165) is 39.3 Å². The van der Waals surface area contributed by atoms with Crippen molar-refractivity contribution >= 4 is 16.9 Å². The summed E-state index contributed by atoms with van der Waals surface area (Å²) in [5.41, 5.74) is 7.19. The van der Waals surface area contributed by atoms with E-state index in [1.807, 2.05) is 36.1 Å². The van der Waals surface area contributed by atoms with Gasteiger partial charge in [-0.15, -0.1) is 0 Å². The molecule has 33 heavy (non-hydrogen) atoms. The van der Waals surface area contributed by atoms with Crippen molar-refractivity contribution in [3.05, 3.63) is 83.2 Å². The van der Waals surface area contributed by atoms with Crippen molar-refractivity contribution in [2.45, 2.75) is 39.7 Å². The minimum atomic E-state index is 0.0340. The first-order valence-electron chi connectivity index (χ1n) is 11.4. The fraction of sp³-hybridized carbons (Fsp3) is 0.286. The minimum Gasteiger partial charge on any atom is -0.491 e. The molecule has 1 N–H and O–H groups in total. The highest BCUT2D eigenvalue weighted by Gasteiger charge is 2.22. The van der Waals surface area contributed by atoms with Gasteiger partial charge < -0.3 is 14.6 Å². The Morgan fingerprint density at radius 1 is 1.00 bits per heavy atom. The molecule has 2 heterocycles. The van der Waals surface area contributed by atoms with Crippen LogP contribution in [0.1, 0.15) is 48.1 Å². The molecule has 0 saturated heterocycles. The lowest BCUT2D eigenvalue weighted by atomic mass is 9.86. The molecular formula is C28H29N3O2. The van der Waals surface area contributed by atoms with Gasteiger partial charge in [-0.25, -0.2) is 4.98 Å². The molecule has 5 nitrogen and oxygen atoms in total. The number of rotatable bonds is 2. The monoisotopic (exact) mass is 439 g/mol. The number of ether oxygens (including phenoxy) is 1. The van der Waals surface area contributed by atoms with Crippen molar-refractivity contribution < 1.29 is 9.53 Å². The Bertz CT molecular complexity index is 1330. The van der Waals surface area contributed by atoms with Crippen LogP contribution in [0.15, 0.2) is 60.7 Å². The van der Waals surface area contributed by atoms with Crippen LogP contribution in [0.4, 0.5) is 0 Å². The Labute approximate surface area is 194 Å². The smallest absolute Gasteiger partial charge is 0.254 e. The number of aromatic nitrogens is 2. The van der Waals surface area contributed by atoms with Crippen molar-refractivity contribution in [1.82, 2.24) is 14.9 Å². The molecule has 0 aliphatic carbocycles. The van der Waals surface area contributed by atoms with Crippen LogP contribution in [0.5, 0.6) is 5.75 Å². The van der Waals surface area contributed by atoms with E-state index in [2.05, 4.69) is 67.1 Å². The lowest BCUT2D eigenvalue weighted by molar-refractivity contribution is 0.0733. The maximum atomic E-state index is 13.3. The van der Waals surface area contributed by atoms with Crippen molar-refractivity contribution in [3.8, 4) is 16.9 Å².